The van der Waals surface area contributed by atoms with Crippen LogP contribution in [0.3, 0.4) is 0 Å². The van der Waals surface area contributed by atoms with E-state index in [4.69, 9.17) is 0 Å². The van der Waals surface area contributed by atoms with E-state index in [1.54, 1.807) is 0 Å². The van der Waals surface area contributed by atoms with Gasteiger partial charge in [0.1, 0.15) is 0 Å². The fourth-order valence-electron chi connectivity index (χ4n) is 2.47. The number of hydrogen-bond donors (Lipinski definition) is 2. The molecule has 0 aliphatic heterocycles. The molecule has 0 spiro atoms. The van der Waals surface area contributed by atoms with Gasteiger partial charge in [0.15, 0.2) is 0 Å². The molecule has 3 heteroatoms. The second-order valence-corrected chi connectivity index (χ2v) is 6.68. The van der Waals surface area contributed by atoms with Crippen LogP contribution in [-0.2, 0) is 4.79 Å². The molecule has 0 heterocycles. The van der Waals surface area contributed by atoms with Crippen LogP contribution in [-0.4, -0.2) is 18.5 Å². The maximum atomic E-state index is 12.3. The third kappa shape index (κ3) is 5.45. The van der Waals surface area contributed by atoms with Crippen LogP contribution in [0.15, 0.2) is 18.2 Å². The van der Waals surface area contributed by atoms with Crippen LogP contribution in [0.5, 0.6) is 0 Å². The Bertz CT molecular complexity index is 454. The number of rotatable bonds is 8. The molecule has 1 amide bonds. The van der Waals surface area contributed by atoms with Crippen LogP contribution >= 0.6 is 0 Å². The molecule has 1 atom stereocenters. The minimum atomic E-state index is 0.0887. The SMILES string of the molecule is CCC(C)NCCC(=O)Nc1c(C(C)C)cccc1C(C)C. The standard InChI is InChI=1S/C19H32N2O/c1-7-15(6)20-12-11-18(22)21-19-16(13(2)3)9-8-10-17(19)14(4)5/h8-10,13-15,20H,7,11-12H2,1-6H3,(H,21,22). The first kappa shape index (κ1) is 18.7. The van der Waals surface area contributed by atoms with Crippen molar-refractivity contribution in [3.63, 3.8) is 0 Å². The van der Waals surface area contributed by atoms with Gasteiger partial charge in [-0.25, -0.2) is 0 Å². The van der Waals surface area contributed by atoms with Crippen molar-refractivity contribution in [2.24, 2.45) is 0 Å². The lowest BCUT2D eigenvalue weighted by Crippen LogP contribution is -2.29. The topological polar surface area (TPSA) is 41.1 Å². The summed E-state index contributed by atoms with van der Waals surface area (Å²) in [5.41, 5.74) is 3.45. The molecule has 0 saturated carbocycles. The molecule has 1 rings (SSSR count). The number of anilines is 1. The van der Waals surface area contributed by atoms with Gasteiger partial charge in [-0.1, -0.05) is 52.8 Å². The summed E-state index contributed by atoms with van der Waals surface area (Å²) in [5.74, 6) is 0.880. The summed E-state index contributed by atoms with van der Waals surface area (Å²) in [7, 11) is 0. The molecule has 0 aliphatic carbocycles. The van der Waals surface area contributed by atoms with E-state index < -0.39 is 0 Å². The van der Waals surface area contributed by atoms with Crippen LogP contribution in [0, 0.1) is 0 Å². The van der Waals surface area contributed by atoms with Gasteiger partial charge >= 0.3 is 0 Å². The minimum absolute atomic E-state index is 0.0887. The average Bonchev–Trinajstić information content (AvgIpc) is 2.46. The molecule has 124 valence electrons. The molecule has 0 aromatic heterocycles. The Morgan fingerprint density at radius 1 is 1.05 bits per heavy atom. The zero-order valence-corrected chi connectivity index (χ0v) is 15.0. The predicted molar refractivity (Wildman–Crippen MR) is 95.6 cm³/mol. The second kappa shape index (κ2) is 8.94. The zero-order chi connectivity index (χ0) is 16.7. The number of carbonyl (C=O) groups excluding carboxylic acids is 1. The Kier molecular flexibility index (Phi) is 7.60. The van der Waals surface area contributed by atoms with E-state index in [9.17, 15) is 4.79 Å². The van der Waals surface area contributed by atoms with Gasteiger partial charge in [0.2, 0.25) is 5.91 Å². The number of amides is 1. The zero-order valence-electron chi connectivity index (χ0n) is 15.0. The monoisotopic (exact) mass is 304 g/mol. The van der Waals surface area contributed by atoms with Gasteiger partial charge in [-0.15, -0.1) is 0 Å². The summed E-state index contributed by atoms with van der Waals surface area (Å²) >= 11 is 0. The Balaban J connectivity index is 2.80. The smallest absolute Gasteiger partial charge is 0.225 e. The third-order valence-electron chi connectivity index (χ3n) is 4.09. The molecule has 1 aromatic rings. The van der Waals surface area contributed by atoms with Crippen LogP contribution < -0.4 is 10.6 Å². The van der Waals surface area contributed by atoms with Crippen molar-refractivity contribution in [3.8, 4) is 0 Å². The summed E-state index contributed by atoms with van der Waals surface area (Å²) in [6, 6.07) is 6.78. The maximum absolute atomic E-state index is 12.3. The van der Waals surface area contributed by atoms with Gasteiger partial charge < -0.3 is 10.6 Å². The van der Waals surface area contributed by atoms with Crippen LogP contribution in [0.25, 0.3) is 0 Å². The van der Waals surface area contributed by atoms with E-state index in [1.165, 1.54) is 11.1 Å². The van der Waals surface area contributed by atoms with Crippen molar-refractivity contribution in [1.82, 2.24) is 5.32 Å². The maximum Gasteiger partial charge on any atom is 0.225 e. The summed E-state index contributed by atoms with van der Waals surface area (Å²) in [6.07, 6.45) is 1.59. The number of benzene rings is 1. The molecule has 0 bridgehead atoms. The van der Waals surface area contributed by atoms with Crippen LogP contribution in [0.4, 0.5) is 5.69 Å². The van der Waals surface area contributed by atoms with E-state index in [1.807, 2.05) is 0 Å². The number of carbonyl (C=O) groups is 1. The van der Waals surface area contributed by atoms with Gasteiger partial charge in [0.05, 0.1) is 0 Å². The van der Waals surface area contributed by atoms with Crippen molar-refractivity contribution in [2.75, 3.05) is 11.9 Å². The Morgan fingerprint density at radius 3 is 2.05 bits per heavy atom. The second-order valence-electron chi connectivity index (χ2n) is 6.68. The highest BCUT2D eigenvalue weighted by molar-refractivity contribution is 5.92. The van der Waals surface area contributed by atoms with E-state index in [0.717, 1.165) is 18.7 Å². The fraction of sp³-hybridized carbons (Fsp3) is 0.632. The fourth-order valence-corrected chi connectivity index (χ4v) is 2.47. The van der Waals surface area contributed by atoms with Gasteiger partial charge in [0.25, 0.3) is 0 Å². The lowest BCUT2D eigenvalue weighted by atomic mass is 9.92. The molecule has 0 fully saturated rings. The van der Waals surface area contributed by atoms with Crippen LogP contribution in [0.1, 0.15) is 77.3 Å². The van der Waals surface area contributed by atoms with E-state index in [0.29, 0.717) is 24.3 Å². The highest BCUT2D eigenvalue weighted by Crippen LogP contribution is 2.32. The van der Waals surface area contributed by atoms with E-state index in [2.05, 4.69) is 70.4 Å². The Labute approximate surface area is 135 Å². The van der Waals surface area contributed by atoms with Crippen LogP contribution in [0.2, 0.25) is 0 Å². The normalized spacial score (nSPS) is 12.7. The summed E-state index contributed by atoms with van der Waals surface area (Å²) in [6.45, 7) is 13.7. The molecule has 0 radical (unpaired) electrons. The molecule has 2 N–H and O–H groups in total. The molecular weight excluding hydrogens is 272 g/mol. The number of para-hydroxylation sites is 1. The minimum Gasteiger partial charge on any atom is -0.326 e. The molecule has 0 aliphatic rings. The first-order valence-corrected chi connectivity index (χ1v) is 8.52. The van der Waals surface area contributed by atoms with Crippen molar-refractivity contribution in [2.45, 2.75) is 72.3 Å². The van der Waals surface area contributed by atoms with Crippen molar-refractivity contribution < 1.29 is 4.79 Å². The van der Waals surface area contributed by atoms with Gasteiger partial charge in [0, 0.05) is 24.7 Å². The molecule has 1 aromatic carbocycles. The largest absolute Gasteiger partial charge is 0.326 e. The van der Waals surface area contributed by atoms with Crippen molar-refractivity contribution >= 4 is 11.6 Å². The molecule has 1 unspecified atom stereocenters. The predicted octanol–water partition coefficient (Wildman–Crippen LogP) is 4.65. The number of hydrogen-bond acceptors (Lipinski definition) is 2. The number of nitrogens with one attached hydrogen (secondary N) is 2. The summed E-state index contributed by atoms with van der Waals surface area (Å²) < 4.78 is 0. The van der Waals surface area contributed by atoms with Crippen molar-refractivity contribution in [1.29, 1.82) is 0 Å². The summed E-state index contributed by atoms with van der Waals surface area (Å²) in [5, 5.41) is 6.52. The highest BCUT2D eigenvalue weighted by Gasteiger charge is 2.15. The summed E-state index contributed by atoms with van der Waals surface area (Å²) in [4.78, 5) is 12.3. The Hall–Kier alpha value is -1.35. The third-order valence-corrected chi connectivity index (χ3v) is 4.09. The first-order valence-electron chi connectivity index (χ1n) is 8.52. The van der Waals surface area contributed by atoms with Gasteiger partial charge in [-0.3, -0.25) is 4.79 Å². The molecule has 22 heavy (non-hydrogen) atoms. The lowest BCUT2D eigenvalue weighted by Gasteiger charge is -2.20. The average molecular weight is 304 g/mol. The van der Waals surface area contributed by atoms with E-state index in [-0.39, 0.29) is 5.91 Å². The van der Waals surface area contributed by atoms with Gasteiger partial charge in [-0.05, 0) is 36.3 Å². The van der Waals surface area contributed by atoms with Gasteiger partial charge in [-0.2, -0.15) is 0 Å². The molecule has 3 nitrogen and oxygen atoms in total. The highest BCUT2D eigenvalue weighted by atomic mass is 16.1. The molecule has 0 saturated heterocycles. The molecular formula is C19H32N2O. The quantitative estimate of drug-likeness (QED) is 0.734. The Morgan fingerprint density at radius 2 is 1.59 bits per heavy atom. The lowest BCUT2D eigenvalue weighted by molar-refractivity contribution is -0.116. The van der Waals surface area contributed by atoms with Crippen molar-refractivity contribution in [3.05, 3.63) is 29.3 Å². The first-order chi connectivity index (χ1) is 10.4. The van der Waals surface area contributed by atoms with E-state index >= 15 is 0 Å².